The van der Waals surface area contributed by atoms with Crippen LogP contribution in [0.4, 0.5) is 0 Å². The van der Waals surface area contributed by atoms with E-state index >= 15 is 0 Å². The Kier molecular flexibility index (Phi) is 3.14. The predicted molar refractivity (Wildman–Crippen MR) is 62.9 cm³/mol. The van der Waals surface area contributed by atoms with Crippen molar-refractivity contribution in [2.75, 3.05) is 19.8 Å². The Morgan fingerprint density at radius 3 is 2.73 bits per heavy atom. The van der Waals surface area contributed by atoms with Gasteiger partial charge in [0.2, 0.25) is 0 Å². The van der Waals surface area contributed by atoms with Gasteiger partial charge in [0.1, 0.15) is 0 Å². The third kappa shape index (κ3) is 2.25. The lowest BCUT2D eigenvalue weighted by atomic mass is 9.80. The largest absolute Gasteiger partial charge is 0.396 e. The van der Waals surface area contributed by atoms with Crippen LogP contribution in [-0.4, -0.2) is 24.9 Å². The summed E-state index contributed by atoms with van der Waals surface area (Å²) in [5, 5.41) is 9.37. The van der Waals surface area contributed by atoms with Gasteiger partial charge in [0.05, 0.1) is 19.8 Å². The average molecular weight is 271 g/mol. The van der Waals surface area contributed by atoms with Crippen LogP contribution in [0.15, 0.2) is 22.7 Å². The van der Waals surface area contributed by atoms with E-state index in [0.717, 1.165) is 10.9 Å². The van der Waals surface area contributed by atoms with Gasteiger partial charge in [-0.1, -0.05) is 22.0 Å². The molecule has 1 N–H and O–H groups in total. The molecule has 0 aromatic heterocycles. The Bertz CT molecular complexity index is 353. The van der Waals surface area contributed by atoms with Crippen molar-refractivity contribution in [3.05, 3.63) is 33.8 Å². The minimum Gasteiger partial charge on any atom is -0.396 e. The molecule has 1 aromatic rings. The SMILES string of the molecule is Cc1ccc(Br)cc1CC1(CO)COC1. The summed E-state index contributed by atoms with van der Waals surface area (Å²) in [4.78, 5) is 0. The monoisotopic (exact) mass is 270 g/mol. The minimum atomic E-state index is -0.0362. The van der Waals surface area contributed by atoms with Crippen molar-refractivity contribution in [1.29, 1.82) is 0 Å². The van der Waals surface area contributed by atoms with Crippen molar-refractivity contribution < 1.29 is 9.84 Å². The van der Waals surface area contributed by atoms with E-state index in [2.05, 4.69) is 35.0 Å². The molecule has 0 unspecified atom stereocenters. The molecule has 15 heavy (non-hydrogen) atoms. The van der Waals surface area contributed by atoms with E-state index in [1.54, 1.807) is 0 Å². The van der Waals surface area contributed by atoms with Crippen LogP contribution in [-0.2, 0) is 11.2 Å². The second-order valence-corrected chi connectivity index (χ2v) is 5.31. The molecule has 0 spiro atoms. The molecule has 0 radical (unpaired) electrons. The normalized spacial score (nSPS) is 18.6. The number of hydrogen-bond donors (Lipinski definition) is 1. The summed E-state index contributed by atoms with van der Waals surface area (Å²) in [6.07, 6.45) is 0.898. The maximum Gasteiger partial charge on any atom is 0.0570 e. The van der Waals surface area contributed by atoms with Gasteiger partial charge in [-0.25, -0.2) is 0 Å². The van der Waals surface area contributed by atoms with Crippen molar-refractivity contribution in [2.45, 2.75) is 13.3 Å². The van der Waals surface area contributed by atoms with Crippen molar-refractivity contribution in [2.24, 2.45) is 5.41 Å². The van der Waals surface area contributed by atoms with Crippen molar-refractivity contribution in [3.63, 3.8) is 0 Å². The van der Waals surface area contributed by atoms with Gasteiger partial charge in [0, 0.05) is 9.89 Å². The molecule has 1 heterocycles. The lowest BCUT2D eigenvalue weighted by Gasteiger charge is -2.40. The molecule has 1 aromatic carbocycles. The number of rotatable bonds is 3. The van der Waals surface area contributed by atoms with Gasteiger partial charge in [0.25, 0.3) is 0 Å². The van der Waals surface area contributed by atoms with Crippen LogP contribution >= 0.6 is 15.9 Å². The molecule has 1 saturated heterocycles. The van der Waals surface area contributed by atoms with Gasteiger partial charge in [-0.3, -0.25) is 0 Å². The van der Waals surface area contributed by atoms with Crippen LogP contribution in [0, 0.1) is 12.3 Å². The highest BCUT2D eigenvalue weighted by atomic mass is 79.9. The Balaban J connectivity index is 2.19. The van der Waals surface area contributed by atoms with Crippen molar-refractivity contribution in [1.82, 2.24) is 0 Å². The zero-order chi connectivity index (χ0) is 10.9. The highest BCUT2D eigenvalue weighted by Gasteiger charge is 2.38. The molecule has 1 fully saturated rings. The Labute approximate surface area is 98.4 Å². The lowest BCUT2D eigenvalue weighted by Crippen LogP contribution is -2.47. The molecule has 2 nitrogen and oxygen atoms in total. The van der Waals surface area contributed by atoms with Crippen LogP contribution < -0.4 is 0 Å². The van der Waals surface area contributed by atoms with E-state index in [1.807, 2.05) is 6.07 Å². The van der Waals surface area contributed by atoms with Crippen LogP contribution in [0.3, 0.4) is 0 Å². The molecule has 1 aliphatic heterocycles. The summed E-state index contributed by atoms with van der Waals surface area (Å²) >= 11 is 3.47. The van der Waals surface area contributed by atoms with Crippen LogP contribution in [0.5, 0.6) is 0 Å². The lowest BCUT2D eigenvalue weighted by molar-refractivity contribution is -0.136. The van der Waals surface area contributed by atoms with Crippen LogP contribution in [0.25, 0.3) is 0 Å². The fraction of sp³-hybridized carbons (Fsp3) is 0.500. The first-order chi connectivity index (χ1) is 7.15. The van der Waals surface area contributed by atoms with E-state index in [0.29, 0.717) is 13.2 Å². The second-order valence-electron chi connectivity index (χ2n) is 4.40. The zero-order valence-corrected chi connectivity index (χ0v) is 10.4. The summed E-state index contributed by atoms with van der Waals surface area (Å²) < 4.78 is 6.29. The molecule has 0 saturated carbocycles. The highest BCUT2D eigenvalue weighted by molar-refractivity contribution is 9.10. The van der Waals surface area contributed by atoms with E-state index in [-0.39, 0.29) is 12.0 Å². The number of ether oxygens (including phenoxy) is 1. The number of aliphatic hydroxyl groups is 1. The number of benzene rings is 1. The number of aryl methyl sites for hydroxylation is 1. The Morgan fingerprint density at radius 2 is 2.20 bits per heavy atom. The number of halogens is 1. The summed E-state index contributed by atoms with van der Waals surface area (Å²) in [5.41, 5.74) is 2.53. The number of aliphatic hydroxyl groups excluding tert-OH is 1. The molecule has 0 bridgehead atoms. The first-order valence-electron chi connectivity index (χ1n) is 5.09. The van der Waals surface area contributed by atoms with Gasteiger partial charge in [-0.15, -0.1) is 0 Å². The first-order valence-corrected chi connectivity index (χ1v) is 5.88. The summed E-state index contributed by atoms with van der Waals surface area (Å²) in [6, 6.07) is 6.27. The molecule has 0 amide bonds. The topological polar surface area (TPSA) is 29.5 Å². The molecule has 0 atom stereocenters. The fourth-order valence-electron chi connectivity index (χ4n) is 1.87. The molecule has 1 aliphatic rings. The van der Waals surface area contributed by atoms with Crippen molar-refractivity contribution in [3.8, 4) is 0 Å². The summed E-state index contributed by atoms with van der Waals surface area (Å²) in [6.45, 7) is 3.66. The second kappa shape index (κ2) is 4.24. The molecular formula is C12H15BrO2. The number of hydrogen-bond acceptors (Lipinski definition) is 2. The summed E-state index contributed by atoms with van der Waals surface area (Å²) in [5.74, 6) is 0. The van der Waals surface area contributed by atoms with Gasteiger partial charge >= 0.3 is 0 Å². The van der Waals surface area contributed by atoms with E-state index in [4.69, 9.17) is 4.74 Å². The predicted octanol–water partition coefficient (Wildman–Crippen LogP) is 2.31. The first kappa shape index (κ1) is 11.1. The molecule has 3 heteroatoms. The van der Waals surface area contributed by atoms with Gasteiger partial charge in [-0.05, 0) is 36.6 Å². The van der Waals surface area contributed by atoms with Gasteiger partial charge in [0.15, 0.2) is 0 Å². The van der Waals surface area contributed by atoms with E-state index < -0.39 is 0 Å². The molecule has 82 valence electrons. The van der Waals surface area contributed by atoms with E-state index in [1.165, 1.54) is 11.1 Å². The summed E-state index contributed by atoms with van der Waals surface area (Å²) in [7, 11) is 0. The third-order valence-electron chi connectivity index (χ3n) is 3.03. The highest BCUT2D eigenvalue weighted by Crippen LogP contribution is 2.32. The molecule has 0 aliphatic carbocycles. The zero-order valence-electron chi connectivity index (χ0n) is 8.79. The van der Waals surface area contributed by atoms with Crippen LogP contribution in [0.1, 0.15) is 11.1 Å². The third-order valence-corrected chi connectivity index (χ3v) is 3.52. The fourth-order valence-corrected chi connectivity index (χ4v) is 2.28. The smallest absolute Gasteiger partial charge is 0.0570 e. The van der Waals surface area contributed by atoms with Crippen LogP contribution in [0.2, 0.25) is 0 Å². The Hall–Kier alpha value is -0.380. The van der Waals surface area contributed by atoms with Crippen molar-refractivity contribution >= 4 is 15.9 Å². The van der Waals surface area contributed by atoms with E-state index in [9.17, 15) is 5.11 Å². The standard InChI is InChI=1S/C12H15BrO2/c1-9-2-3-11(13)4-10(9)5-12(6-14)7-15-8-12/h2-4,14H,5-8H2,1H3. The maximum atomic E-state index is 9.37. The van der Waals surface area contributed by atoms with Gasteiger partial charge < -0.3 is 9.84 Å². The Morgan fingerprint density at radius 1 is 1.47 bits per heavy atom. The maximum absolute atomic E-state index is 9.37. The average Bonchev–Trinajstić information content (AvgIpc) is 2.17. The minimum absolute atomic E-state index is 0.0362. The molecule has 2 rings (SSSR count). The molecular weight excluding hydrogens is 256 g/mol. The van der Waals surface area contributed by atoms with Gasteiger partial charge in [-0.2, -0.15) is 0 Å². The quantitative estimate of drug-likeness (QED) is 0.914.